The summed E-state index contributed by atoms with van der Waals surface area (Å²) in [5.41, 5.74) is 1.32. The first-order valence-electron chi connectivity index (χ1n) is 2.98. The third-order valence-corrected chi connectivity index (χ3v) is 0.940. The quantitative estimate of drug-likeness (QED) is 0.479. The first kappa shape index (κ1) is 10.5. The molecule has 2 nitrogen and oxygen atoms in total. The van der Waals surface area contributed by atoms with Crippen LogP contribution in [0.3, 0.4) is 0 Å². The van der Waals surface area contributed by atoms with Gasteiger partial charge in [0.15, 0.2) is 9.74 Å². The summed E-state index contributed by atoms with van der Waals surface area (Å²) in [5, 5.41) is 0. The Bertz CT molecular complexity index is 246. The van der Waals surface area contributed by atoms with Crippen molar-refractivity contribution in [2.75, 3.05) is 0 Å². The van der Waals surface area contributed by atoms with Crippen LogP contribution in [0.15, 0.2) is 30.3 Å². The largest absolute Gasteiger partial charge is 0.221 e. The molecule has 0 atom stereocenters. The summed E-state index contributed by atoms with van der Waals surface area (Å²) >= 11 is 2.92. The smallest absolute Gasteiger partial charge is 0.188 e. The maximum atomic E-state index is 8.90. The molecular formula is C7H10O2S2. The molecule has 0 saturated heterocycles. The number of thiol groups is 2. The lowest BCUT2D eigenvalue weighted by Crippen LogP contribution is -1.62. The van der Waals surface area contributed by atoms with E-state index in [1.54, 1.807) is 0 Å². The predicted molar refractivity (Wildman–Crippen MR) is 50.5 cm³/mol. The van der Waals surface area contributed by atoms with Crippen molar-refractivity contribution in [3.63, 3.8) is 0 Å². The molecule has 0 aliphatic rings. The van der Waals surface area contributed by atoms with Crippen molar-refractivity contribution >= 4 is 21.4 Å². The zero-order valence-corrected chi connectivity index (χ0v) is 7.89. The van der Waals surface area contributed by atoms with E-state index in [1.807, 2.05) is 18.2 Å². The van der Waals surface area contributed by atoms with E-state index in [9.17, 15) is 0 Å². The second kappa shape index (κ2) is 6.24. The fourth-order valence-corrected chi connectivity index (χ4v) is 0.534. The van der Waals surface area contributed by atoms with Gasteiger partial charge in [-0.15, -0.1) is 0 Å². The van der Waals surface area contributed by atoms with E-state index in [1.165, 1.54) is 5.56 Å². The van der Waals surface area contributed by atoms with Gasteiger partial charge in [-0.2, -0.15) is 0 Å². The van der Waals surface area contributed by atoms with Crippen molar-refractivity contribution in [2.45, 2.75) is 6.92 Å². The Morgan fingerprint density at radius 1 is 1.18 bits per heavy atom. The van der Waals surface area contributed by atoms with Crippen LogP contribution in [0, 0.1) is 6.92 Å². The van der Waals surface area contributed by atoms with Crippen molar-refractivity contribution in [1.82, 2.24) is 0 Å². The Kier molecular flexibility index (Phi) is 5.97. The van der Waals surface area contributed by atoms with Gasteiger partial charge in [0.1, 0.15) is 0 Å². The Morgan fingerprint density at radius 3 is 1.73 bits per heavy atom. The molecule has 1 rings (SSSR count). The van der Waals surface area contributed by atoms with Gasteiger partial charge in [0.05, 0.1) is 0 Å². The molecule has 0 radical (unpaired) electrons. The molecule has 1 aromatic carbocycles. The van der Waals surface area contributed by atoms with Gasteiger partial charge < -0.3 is 0 Å². The van der Waals surface area contributed by atoms with Gasteiger partial charge in [0.25, 0.3) is 0 Å². The average molecular weight is 190 g/mol. The molecule has 0 aromatic heterocycles. The lowest BCUT2D eigenvalue weighted by Gasteiger charge is -1.82. The topological polar surface area (TPSA) is 34.1 Å². The Hall–Kier alpha value is -0.480. The standard InChI is InChI=1S/C7H8.H2O2S2/c1-7-5-3-2-4-6-7;1-4(2)3/h2-6H,1H3;4H,(H,1,2,3). The SMILES string of the molecule is Cc1ccccc1.O=[SH](=O)S. The van der Waals surface area contributed by atoms with Gasteiger partial charge in [-0.3, -0.25) is 0 Å². The van der Waals surface area contributed by atoms with E-state index < -0.39 is 9.74 Å². The molecule has 0 fully saturated rings. The van der Waals surface area contributed by atoms with Crippen LogP contribution < -0.4 is 0 Å². The van der Waals surface area contributed by atoms with E-state index in [2.05, 4.69) is 30.7 Å². The minimum absolute atomic E-state index is 1.32. The van der Waals surface area contributed by atoms with Crippen molar-refractivity contribution in [3.8, 4) is 0 Å². The molecule has 0 amide bonds. The minimum atomic E-state index is -2.43. The molecular weight excluding hydrogens is 180 g/mol. The van der Waals surface area contributed by atoms with E-state index in [-0.39, 0.29) is 0 Å². The highest BCUT2D eigenvalue weighted by molar-refractivity contribution is 8.54. The Balaban J connectivity index is 0.000000218. The van der Waals surface area contributed by atoms with E-state index in [0.717, 1.165) is 0 Å². The van der Waals surface area contributed by atoms with Gasteiger partial charge in [0, 0.05) is 0 Å². The molecule has 1 aromatic rings. The Morgan fingerprint density at radius 2 is 1.55 bits per heavy atom. The summed E-state index contributed by atoms with van der Waals surface area (Å²) < 4.78 is 17.8. The predicted octanol–water partition coefficient (Wildman–Crippen LogP) is 1.44. The molecule has 4 heteroatoms. The van der Waals surface area contributed by atoms with E-state index in [4.69, 9.17) is 8.42 Å². The van der Waals surface area contributed by atoms with Crippen LogP contribution in [-0.4, -0.2) is 8.42 Å². The van der Waals surface area contributed by atoms with Gasteiger partial charge in [-0.05, 0) is 6.92 Å². The zero-order chi connectivity index (χ0) is 8.69. The number of hydrogen-bond acceptors (Lipinski definition) is 2. The van der Waals surface area contributed by atoms with E-state index in [0.29, 0.717) is 0 Å². The second-order valence-corrected chi connectivity index (χ2v) is 3.35. The number of rotatable bonds is 0. The van der Waals surface area contributed by atoms with Crippen molar-refractivity contribution in [3.05, 3.63) is 35.9 Å². The monoisotopic (exact) mass is 190 g/mol. The lowest BCUT2D eigenvalue weighted by molar-refractivity contribution is 0.627. The average Bonchev–Trinajstić information content (AvgIpc) is 1.87. The van der Waals surface area contributed by atoms with Crippen LogP contribution in [0.4, 0.5) is 0 Å². The van der Waals surface area contributed by atoms with Gasteiger partial charge in [0.2, 0.25) is 0 Å². The molecule has 0 bridgehead atoms. The molecule has 0 saturated carbocycles. The number of benzene rings is 1. The van der Waals surface area contributed by atoms with Crippen LogP contribution >= 0.6 is 11.7 Å². The summed E-state index contributed by atoms with van der Waals surface area (Å²) in [6.07, 6.45) is 0. The lowest BCUT2D eigenvalue weighted by atomic mass is 10.2. The van der Waals surface area contributed by atoms with Crippen LogP contribution in [0.5, 0.6) is 0 Å². The van der Waals surface area contributed by atoms with Crippen LogP contribution in [-0.2, 0) is 9.74 Å². The molecule has 0 spiro atoms. The van der Waals surface area contributed by atoms with Crippen molar-refractivity contribution in [1.29, 1.82) is 0 Å². The van der Waals surface area contributed by atoms with Crippen molar-refractivity contribution in [2.24, 2.45) is 0 Å². The molecule has 0 aliphatic carbocycles. The third-order valence-electron chi connectivity index (χ3n) is 0.940. The Labute approximate surface area is 73.0 Å². The van der Waals surface area contributed by atoms with Crippen molar-refractivity contribution < 1.29 is 8.42 Å². The van der Waals surface area contributed by atoms with Gasteiger partial charge in [-0.25, -0.2) is 8.42 Å². The van der Waals surface area contributed by atoms with E-state index >= 15 is 0 Å². The highest BCUT2D eigenvalue weighted by Crippen LogP contribution is 1.92. The molecule has 62 valence electrons. The van der Waals surface area contributed by atoms with Crippen LogP contribution in [0.25, 0.3) is 0 Å². The molecule has 11 heavy (non-hydrogen) atoms. The van der Waals surface area contributed by atoms with Gasteiger partial charge in [-0.1, -0.05) is 47.6 Å². The van der Waals surface area contributed by atoms with Crippen LogP contribution in [0.2, 0.25) is 0 Å². The summed E-state index contributed by atoms with van der Waals surface area (Å²) in [5.74, 6) is 0. The molecule has 0 heterocycles. The first-order valence-corrected chi connectivity index (χ1v) is 5.31. The fraction of sp³-hybridized carbons (Fsp3) is 0.143. The first-order chi connectivity index (χ1) is 5.13. The minimum Gasteiger partial charge on any atom is -0.221 e. The van der Waals surface area contributed by atoms with Crippen LogP contribution in [0.1, 0.15) is 5.56 Å². The summed E-state index contributed by atoms with van der Waals surface area (Å²) in [6.45, 7) is 2.08. The molecule has 0 N–H and O–H groups in total. The molecule has 0 aliphatic heterocycles. The summed E-state index contributed by atoms with van der Waals surface area (Å²) in [7, 11) is -2.43. The second-order valence-electron chi connectivity index (χ2n) is 1.89. The summed E-state index contributed by atoms with van der Waals surface area (Å²) in [6, 6.07) is 10.3. The maximum Gasteiger partial charge on any atom is 0.188 e. The third kappa shape index (κ3) is 9.52. The maximum absolute atomic E-state index is 8.90. The zero-order valence-electron chi connectivity index (χ0n) is 6.10. The van der Waals surface area contributed by atoms with Gasteiger partial charge >= 0.3 is 0 Å². The number of aryl methyl sites for hydroxylation is 1. The molecule has 0 unspecified atom stereocenters. The summed E-state index contributed by atoms with van der Waals surface area (Å²) in [4.78, 5) is 0. The normalized spacial score (nSPS) is 8.64. The fourth-order valence-electron chi connectivity index (χ4n) is 0.534. The number of hydrogen-bond donors (Lipinski definition) is 2. The highest BCUT2D eigenvalue weighted by atomic mass is 33.1. The highest BCUT2D eigenvalue weighted by Gasteiger charge is 1.72.